The second-order valence-corrected chi connectivity index (χ2v) is 12.3. The average molecular weight is 621 g/mol. The minimum absolute atomic E-state index is 0.494. The fraction of sp³-hybridized carbons (Fsp3) is 0. The summed E-state index contributed by atoms with van der Waals surface area (Å²) in [5, 5.41) is 12.8. The Kier molecular flexibility index (Phi) is 6.34. The summed E-state index contributed by atoms with van der Waals surface area (Å²) in [6, 6.07) is 51.5. The molecule has 0 spiro atoms. The molecule has 0 saturated heterocycles. The summed E-state index contributed by atoms with van der Waals surface area (Å²) in [6.45, 7) is 0. The van der Waals surface area contributed by atoms with Gasteiger partial charge in [0.1, 0.15) is 6.07 Å². The molecule has 2 aromatic heterocycles. The lowest BCUT2D eigenvalue weighted by atomic mass is 10.1. The highest BCUT2D eigenvalue weighted by molar-refractivity contribution is 7.99. The molecule has 9 rings (SSSR count). The monoisotopic (exact) mass is 620 g/mol. The Bertz CT molecular complexity index is 2430. The minimum atomic E-state index is 0.494. The molecule has 1 aliphatic heterocycles. The van der Waals surface area contributed by atoms with Crippen LogP contribution in [0, 0.1) is 11.3 Å². The van der Waals surface area contributed by atoms with E-state index in [4.69, 9.17) is 15.0 Å². The van der Waals surface area contributed by atoms with Gasteiger partial charge in [-0.3, -0.25) is 4.57 Å². The third kappa shape index (κ3) is 4.46. The summed E-state index contributed by atoms with van der Waals surface area (Å²) >= 11 is 1.74. The number of fused-ring (bicyclic) bond motifs is 5. The first-order valence-electron chi connectivity index (χ1n) is 15.3. The summed E-state index contributed by atoms with van der Waals surface area (Å²) < 4.78 is 2.10. The van der Waals surface area contributed by atoms with Crippen molar-refractivity contribution in [2.45, 2.75) is 9.79 Å². The van der Waals surface area contributed by atoms with Gasteiger partial charge in [-0.1, -0.05) is 103 Å². The van der Waals surface area contributed by atoms with E-state index >= 15 is 0 Å². The van der Waals surface area contributed by atoms with Crippen LogP contribution in [-0.2, 0) is 0 Å². The van der Waals surface area contributed by atoms with E-state index in [1.807, 2.05) is 84.9 Å². The van der Waals surface area contributed by atoms with Crippen molar-refractivity contribution in [2.24, 2.45) is 0 Å². The number of hydrogen-bond acceptors (Lipinski definition) is 6. The van der Waals surface area contributed by atoms with Crippen molar-refractivity contribution in [2.75, 3.05) is 4.90 Å². The summed E-state index contributed by atoms with van der Waals surface area (Å²) in [5.41, 5.74) is 7.06. The number of nitrogens with zero attached hydrogens (tertiary/aromatic N) is 6. The summed E-state index contributed by atoms with van der Waals surface area (Å²) in [7, 11) is 0. The van der Waals surface area contributed by atoms with E-state index in [0.717, 1.165) is 59.8 Å². The fourth-order valence-corrected chi connectivity index (χ4v) is 7.43. The summed E-state index contributed by atoms with van der Waals surface area (Å²) in [5.74, 6) is 1.57. The molecule has 7 heteroatoms. The first-order chi connectivity index (χ1) is 23.3. The fourth-order valence-electron chi connectivity index (χ4n) is 6.37. The Morgan fingerprint density at radius 2 is 1.06 bits per heavy atom. The zero-order chi connectivity index (χ0) is 31.3. The average Bonchev–Trinajstić information content (AvgIpc) is 3.48. The van der Waals surface area contributed by atoms with Crippen molar-refractivity contribution < 1.29 is 0 Å². The number of benzene rings is 6. The Labute approximate surface area is 275 Å². The highest BCUT2D eigenvalue weighted by Gasteiger charge is 2.26. The van der Waals surface area contributed by atoms with Gasteiger partial charge in [0.05, 0.1) is 33.7 Å². The SMILES string of the molecule is N#Cc1cc(-c2nc(-c3ccccc3)nc(-n3c4ccccc4c4ccccc43)n2)ccc1N1c2ccccc2Sc2ccccc21. The van der Waals surface area contributed by atoms with E-state index in [-0.39, 0.29) is 0 Å². The molecule has 8 aromatic rings. The van der Waals surface area contributed by atoms with Gasteiger partial charge in [0.15, 0.2) is 11.6 Å². The maximum Gasteiger partial charge on any atom is 0.238 e. The molecule has 0 N–H and O–H groups in total. The second kappa shape index (κ2) is 11.0. The van der Waals surface area contributed by atoms with Gasteiger partial charge in [-0.15, -0.1) is 0 Å². The van der Waals surface area contributed by atoms with Crippen molar-refractivity contribution in [1.29, 1.82) is 5.26 Å². The highest BCUT2D eigenvalue weighted by atomic mass is 32.2. The molecule has 47 heavy (non-hydrogen) atoms. The van der Waals surface area contributed by atoms with Crippen LogP contribution >= 0.6 is 11.8 Å². The molecule has 0 atom stereocenters. The molecular weight excluding hydrogens is 597 g/mol. The number of nitriles is 1. The molecule has 0 amide bonds. The molecule has 6 aromatic carbocycles. The summed E-state index contributed by atoms with van der Waals surface area (Å²) in [4.78, 5) is 19.5. The Balaban J connectivity index is 1.25. The van der Waals surface area contributed by atoms with Crippen LogP contribution in [0.3, 0.4) is 0 Å². The predicted octanol–water partition coefficient (Wildman–Crippen LogP) is 10.1. The molecule has 0 unspecified atom stereocenters. The van der Waals surface area contributed by atoms with Crippen molar-refractivity contribution in [3.8, 4) is 34.8 Å². The van der Waals surface area contributed by atoms with E-state index in [0.29, 0.717) is 23.2 Å². The van der Waals surface area contributed by atoms with Crippen molar-refractivity contribution >= 4 is 50.6 Å². The normalized spacial score (nSPS) is 12.1. The first-order valence-corrected chi connectivity index (χ1v) is 16.1. The van der Waals surface area contributed by atoms with Crippen LogP contribution in [0.4, 0.5) is 17.1 Å². The Hall–Kier alpha value is -6.23. The van der Waals surface area contributed by atoms with E-state index in [9.17, 15) is 5.26 Å². The van der Waals surface area contributed by atoms with Crippen LogP contribution in [0.1, 0.15) is 5.56 Å². The third-order valence-electron chi connectivity index (χ3n) is 8.48. The van der Waals surface area contributed by atoms with Crippen molar-refractivity contribution in [1.82, 2.24) is 19.5 Å². The quantitative estimate of drug-likeness (QED) is 0.195. The van der Waals surface area contributed by atoms with Gasteiger partial charge in [0.25, 0.3) is 0 Å². The topological polar surface area (TPSA) is 70.6 Å². The van der Waals surface area contributed by atoms with Gasteiger partial charge in [0.2, 0.25) is 5.95 Å². The minimum Gasteiger partial charge on any atom is -0.307 e. The van der Waals surface area contributed by atoms with Crippen molar-refractivity contribution in [3.05, 3.63) is 151 Å². The molecule has 6 nitrogen and oxygen atoms in total. The molecule has 3 heterocycles. The van der Waals surface area contributed by atoms with Crippen LogP contribution in [-0.4, -0.2) is 19.5 Å². The molecule has 1 aliphatic rings. The van der Waals surface area contributed by atoms with E-state index in [1.54, 1.807) is 11.8 Å². The maximum absolute atomic E-state index is 10.6. The predicted molar refractivity (Wildman–Crippen MR) is 189 cm³/mol. The Morgan fingerprint density at radius 1 is 0.511 bits per heavy atom. The molecule has 0 fully saturated rings. The number of anilines is 3. The molecule has 220 valence electrons. The van der Waals surface area contributed by atoms with Crippen LogP contribution < -0.4 is 4.90 Å². The number of hydrogen-bond donors (Lipinski definition) is 0. The highest BCUT2D eigenvalue weighted by Crippen LogP contribution is 2.52. The molecular formula is C40H24N6S. The molecule has 0 radical (unpaired) electrons. The van der Waals surface area contributed by atoms with Crippen LogP contribution in [0.15, 0.2) is 155 Å². The summed E-state index contributed by atoms with van der Waals surface area (Å²) in [6.07, 6.45) is 0. The van der Waals surface area contributed by atoms with E-state index in [2.05, 4.69) is 76.2 Å². The van der Waals surface area contributed by atoms with Gasteiger partial charge in [-0.25, -0.2) is 4.98 Å². The van der Waals surface area contributed by atoms with E-state index < -0.39 is 0 Å². The first kappa shape index (κ1) is 27.1. The number of aromatic nitrogens is 4. The lowest BCUT2D eigenvalue weighted by Gasteiger charge is -2.33. The largest absolute Gasteiger partial charge is 0.307 e. The van der Waals surface area contributed by atoms with Gasteiger partial charge in [-0.05, 0) is 54.6 Å². The number of para-hydroxylation sites is 4. The van der Waals surface area contributed by atoms with Gasteiger partial charge in [-0.2, -0.15) is 15.2 Å². The number of rotatable bonds is 4. The lowest BCUT2D eigenvalue weighted by Crippen LogP contribution is -2.16. The van der Waals surface area contributed by atoms with Crippen molar-refractivity contribution in [3.63, 3.8) is 0 Å². The van der Waals surface area contributed by atoms with Crippen LogP contribution in [0.2, 0.25) is 0 Å². The van der Waals surface area contributed by atoms with Crippen LogP contribution in [0.5, 0.6) is 0 Å². The smallest absolute Gasteiger partial charge is 0.238 e. The zero-order valence-corrected chi connectivity index (χ0v) is 25.8. The standard InChI is InChI=1S/C40H24N6S/c41-25-28-24-27(22-23-31(28)45-34-18-8-10-20-36(34)47-37-21-11-9-19-35(37)45)39-42-38(26-12-2-1-3-13-26)43-40(44-39)46-32-16-6-4-14-29(32)30-15-5-7-17-33(30)46/h1-24H. The van der Waals surface area contributed by atoms with Gasteiger partial charge < -0.3 is 4.90 Å². The van der Waals surface area contributed by atoms with E-state index in [1.165, 1.54) is 0 Å². The lowest BCUT2D eigenvalue weighted by molar-refractivity contribution is 0.953. The molecule has 0 bridgehead atoms. The Morgan fingerprint density at radius 3 is 1.70 bits per heavy atom. The van der Waals surface area contributed by atoms with Gasteiger partial charge in [0, 0.05) is 31.7 Å². The van der Waals surface area contributed by atoms with Gasteiger partial charge >= 0.3 is 0 Å². The molecule has 0 aliphatic carbocycles. The maximum atomic E-state index is 10.6. The molecule has 0 saturated carbocycles. The third-order valence-corrected chi connectivity index (χ3v) is 9.61. The zero-order valence-electron chi connectivity index (χ0n) is 24.9. The second-order valence-electron chi connectivity index (χ2n) is 11.2. The van der Waals surface area contributed by atoms with Crippen LogP contribution in [0.25, 0.3) is 50.5 Å².